The van der Waals surface area contributed by atoms with Crippen molar-refractivity contribution in [1.82, 2.24) is 4.90 Å². The maximum absolute atomic E-state index is 14.5. The van der Waals surface area contributed by atoms with Crippen molar-refractivity contribution in [3.8, 4) is 5.75 Å². The molecule has 0 aromatic heterocycles. The van der Waals surface area contributed by atoms with Crippen LogP contribution in [0.15, 0.2) is 66.7 Å². The number of para-hydroxylation sites is 2. The number of hydrogen-bond acceptors (Lipinski definition) is 4. The number of Topliss-reactive ketones (excluding diaryl/α,β-unsaturated/α-hetero) is 1. The molecule has 0 radical (unpaired) electrons. The van der Waals surface area contributed by atoms with E-state index in [1.54, 1.807) is 24.3 Å². The maximum Gasteiger partial charge on any atom is 0.250 e. The van der Waals surface area contributed by atoms with E-state index in [4.69, 9.17) is 27.9 Å². The van der Waals surface area contributed by atoms with Crippen molar-refractivity contribution < 1.29 is 14.3 Å². The van der Waals surface area contributed by atoms with Gasteiger partial charge in [-0.1, -0.05) is 59.6 Å². The second-order valence-corrected chi connectivity index (χ2v) is 9.72. The highest BCUT2D eigenvalue weighted by Crippen LogP contribution is 2.64. The van der Waals surface area contributed by atoms with Crippen LogP contribution in [0, 0.1) is 5.41 Å². The number of amides is 1. The van der Waals surface area contributed by atoms with Crippen LogP contribution in [0.25, 0.3) is 0 Å². The summed E-state index contributed by atoms with van der Waals surface area (Å²) >= 11 is 12.6. The third kappa shape index (κ3) is 2.47. The quantitative estimate of drug-likeness (QED) is 0.526. The van der Waals surface area contributed by atoms with Gasteiger partial charge in [-0.15, -0.1) is 0 Å². The van der Waals surface area contributed by atoms with Gasteiger partial charge in [-0.25, -0.2) is 0 Å². The van der Waals surface area contributed by atoms with Gasteiger partial charge < -0.3 is 10.1 Å². The number of likely N-dealkylation sites (tertiary alicyclic amines) is 1. The molecule has 0 aliphatic carbocycles. The summed E-state index contributed by atoms with van der Waals surface area (Å²) in [4.78, 5) is 30.4. The summed E-state index contributed by atoms with van der Waals surface area (Å²) in [5.41, 5.74) is 0.406. The number of ketones is 1. The zero-order valence-corrected chi connectivity index (χ0v) is 19.3. The number of hydrogen-bond donors (Lipinski definition) is 1. The van der Waals surface area contributed by atoms with Gasteiger partial charge >= 0.3 is 0 Å². The van der Waals surface area contributed by atoms with Crippen LogP contribution in [0.2, 0.25) is 10.0 Å². The number of carbonyl (C=O) groups is 2. The van der Waals surface area contributed by atoms with Crippen molar-refractivity contribution in [2.75, 3.05) is 25.5 Å². The molecule has 3 atom stereocenters. The second-order valence-electron chi connectivity index (χ2n) is 8.90. The monoisotopic (exact) mass is 478 g/mol. The highest BCUT2D eigenvalue weighted by atomic mass is 35.5. The van der Waals surface area contributed by atoms with Crippen LogP contribution in [-0.2, 0) is 10.3 Å². The molecule has 3 aromatic carbocycles. The normalized spacial score (nSPS) is 28.0. The van der Waals surface area contributed by atoms with Crippen LogP contribution in [0.3, 0.4) is 0 Å². The summed E-state index contributed by atoms with van der Waals surface area (Å²) in [5, 5.41) is 3.89. The summed E-state index contributed by atoms with van der Waals surface area (Å²) in [6.45, 7) is 0.539. The summed E-state index contributed by atoms with van der Waals surface area (Å²) in [6, 6.07) is 20.2. The van der Waals surface area contributed by atoms with Crippen molar-refractivity contribution in [3.63, 3.8) is 0 Å². The Morgan fingerprint density at radius 2 is 1.76 bits per heavy atom. The number of nitrogens with zero attached hydrogens (tertiary/aromatic N) is 1. The molecule has 1 saturated heterocycles. The van der Waals surface area contributed by atoms with Crippen LogP contribution < -0.4 is 10.1 Å². The van der Waals surface area contributed by atoms with Gasteiger partial charge in [0.1, 0.15) is 23.3 Å². The zero-order valence-electron chi connectivity index (χ0n) is 17.8. The summed E-state index contributed by atoms with van der Waals surface area (Å²) in [5.74, 6) is -0.130. The summed E-state index contributed by atoms with van der Waals surface area (Å²) in [6.07, 6.45) is 0. The van der Waals surface area contributed by atoms with Crippen LogP contribution in [0.5, 0.6) is 5.75 Å². The molecule has 5 nitrogen and oxygen atoms in total. The average molecular weight is 479 g/mol. The Morgan fingerprint density at radius 3 is 2.58 bits per heavy atom. The van der Waals surface area contributed by atoms with Gasteiger partial charge in [-0.05, 0) is 42.9 Å². The summed E-state index contributed by atoms with van der Waals surface area (Å²) in [7, 11) is 1.90. The molecule has 0 bridgehead atoms. The molecule has 3 aliphatic rings. The highest BCUT2D eigenvalue weighted by Gasteiger charge is 2.75. The average Bonchev–Trinajstić information content (AvgIpc) is 3.27. The van der Waals surface area contributed by atoms with Gasteiger partial charge in [-0.2, -0.15) is 0 Å². The van der Waals surface area contributed by atoms with E-state index < -0.39 is 11.0 Å². The molecule has 1 fully saturated rings. The maximum atomic E-state index is 14.5. The minimum atomic E-state index is -1.23. The molecule has 3 heterocycles. The number of likely N-dealkylation sites (N-methyl/N-ethyl adjacent to an activating group) is 1. The first kappa shape index (κ1) is 20.7. The smallest absolute Gasteiger partial charge is 0.250 e. The van der Waals surface area contributed by atoms with E-state index >= 15 is 0 Å². The second kappa shape index (κ2) is 7.07. The molecule has 1 N–H and O–H groups in total. The lowest BCUT2D eigenvalue weighted by molar-refractivity contribution is -0.131. The lowest BCUT2D eigenvalue weighted by atomic mass is 9.57. The van der Waals surface area contributed by atoms with Gasteiger partial charge in [0.15, 0.2) is 5.78 Å². The first-order valence-corrected chi connectivity index (χ1v) is 11.5. The third-order valence-corrected chi connectivity index (χ3v) is 8.24. The van der Waals surface area contributed by atoms with Gasteiger partial charge in [0.05, 0.1) is 15.6 Å². The van der Waals surface area contributed by atoms with E-state index in [-0.39, 0.29) is 24.2 Å². The Hall–Kier alpha value is -2.86. The number of nitrogens with one attached hydrogen (secondary N) is 1. The first-order chi connectivity index (χ1) is 15.9. The first-order valence-electron chi connectivity index (χ1n) is 10.7. The number of fused-ring (bicyclic) bond motifs is 4. The standard InChI is InChI=1S/C26H20Cl2N2O3/c1-30-13-18(15-10-11-19(27)20(28)12-15)25(14-33-22-9-5-2-6-16(22)23(25)31)26(30)17-7-3-4-8-21(17)29-24(26)32/h2-12,18H,13-14H2,1H3,(H,29,32)/t18-,25-,26-/m1/s1. The number of benzene rings is 3. The number of rotatable bonds is 1. The topological polar surface area (TPSA) is 58.6 Å². The molecular weight excluding hydrogens is 459 g/mol. The molecule has 166 valence electrons. The lowest BCUT2D eigenvalue weighted by Gasteiger charge is -2.47. The molecule has 1 amide bonds. The van der Waals surface area contributed by atoms with Crippen molar-refractivity contribution >= 4 is 40.6 Å². The van der Waals surface area contributed by atoms with Crippen LogP contribution in [-0.4, -0.2) is 36.8 Å². The van der Waals surface area contributed by atoms with Gasteiger partial charge in [0.25, 0.3) is 5.91 Å². The molecule has 0 saturated carbocycles. The highest BCUT2D eigenvalue weighted by molar-refractivity contribution is 6.42. The van der Waals surface area contributed by atoms with E-state index in [1.807, 2.05) is 54.4 Å². The fourth-order valence-corrected chi connectivity index (χ4v) is 6.45. The van der Waals surface area contributed by atoms with Gasteiger partial charge in [-0.3, -0.25) is 14.5 Å². The van der Waals surface area contributed by atoms with Crippen molar-refractivity contribution in [3.05, 3.63) is 93.5 Å². The predicted molar refractivity (Wildman–Crippen MR) is 127 cm³/mol. The zero-order chi connectivity index (χ0) is 23.0. The van der Waals surface area contributed by atoms with Crippen LogP contribution in [0.1, 0.15) is 27.4 Å². The number of anilines is 1. The molecule has 6 rings (SSSR count). The Bertz CT molecular complexity index is 1340. The van der Waals surface area contributed by atoms with E-state index in [9.17, 15) is 9.59 Å². The Morgan fingerprint density at radius 1 is 1.00 bits per heavy atom. The fraction of sp³-hybridized carbons (Fsp3) is 0.231. The molecular formula is C26H20Cl2N2O3. The number of carbonyl (C=O) groups excluding carboxylic acids is 2. The Kier molecular flexibility index (Phi) is 4.44. The lowest BCUT2D eigenvalue weighted by Crippen LogP contribution is -2.62. The molecule has 2 spiro atoms. The van der Waals surface area contributed by atoms with E-state index in [2.05, 4.69) is 5.32 Å². The van der Waals surface area contributed by atoms with E-state index in [0.29, 0.717) is 27.9 Å². The molecule has 0 unspecified atom stereocenters. The fourth-order valence-electron chi connectivity index (χ4n) is 6.15. The largest absolute Gasteiger partial charge is 0.492 e. The Balaban J connectivity index is 1.67. The Labute approximate surface area is 201 Å². The van der Waals surface area contributed by atoms with Crippen molar-refractivity contribution in [2.45, 2.75) is 11.5 Å². The number of ether oxygens (including phenoxy) is 1. The minimum absolute atomic E-state index is 0.0693. The number of halogens is 2. The predicted octanol–water partition coefficient (Wildman–Crippen LogP) is 5.13. The molecule has 33 heavy (non-hydrogen) atoms. The van der Waals surface area contributed by atoms with Crippen LogP contribution >= 0.6 is 23.2 Å². The van der Waals surface area contributed by atoms with Crippen molar-refractivity contribution in [1.29, 1.82) is 0 Å². The van der Waals surface area contributed by atoms with Gasteiger partial charge in [0.2, 0.25) is 0 Å². The molecule has 7 heteroatoms. The minimum Gasteiger partial charge on any atom is -0.492 e. The summed E-state index contributed by atoms with van der Waals surface area (Å²) < 4.78 is 6.25. The van der Waals surface area contributed by atoms with Gasteiger partial charge in [0, 0.05) is 23.7 Å². The van der Waals surface area contributed by atoms with Crippen molar-refractivity contribution in [2.24, 2.45) is 5.41 Å². The third-order valence-electron chi connectivity index (χ3n) is 7.50. The molecule has 3 aliphatic heterocycles. The SMILES string of the molecule is CN1C[C@H](c2ccc(Cl)c(Cl)c2)[C@@]2(COc3ccccc3C2=O)[C@@]12C(=O)Nc1ccccc12. The van der Waals surface area contributed by atoms with E-state index in [1.165, 1.54) is 0 Å². The van der Waals surface area contributed by atoms with Crippen LogP contribution in [0.4, 0.5) is 5.69 Å². The molecule has 3 aromatic rings. The van der Waals surface area contributed by atoms with E-state index in [0.717, 1.165) is 16.8 Å².